The number of nitrogens with two attached hydrogens (primary N) is 1. The van der Waals surface area contributed by atoms with Gasteiger partial charge in [-0.2, -0.15) is 0 Å². The van der Waals surface area contributed by atoms with Crippen LogP contribution in [0.15, 0.2) is 22.7 Å². The smallest absolute Gasteiger partial charge is 0.0488 e. The topological polar surface area (TPSA) is 38.0 Å². The zero-order valence-corrected chi connectivity index (χ0v) is 12.1. The molecule has 2 rings (SSSR count). The molecule has 0 aromatic heterocycles. The molecule has 3 atom stereocenters. The molecule has 1 aliphatic rings. The van der Waals surface area contributed by atoms with Crippen LogP contribution in [0, 0.1) is 11.8 Å². The number of anilines is 2. The minimum atomic E-state index is 0.598. The summed E-state index contributed by atoms with van der Waals surface area (Å²) in [5.41, 5.74) is 7.70. The van der Waals surface area contributed by atoms with E-state index in [2.05, 4.69) is 41.2 Å². The second kappa shape index (κ2) is 5.30. The summed E-state index contributed by atoms with van der Waals surface area (Å²) in [6.45, 7) is 4.72. The van der Waals surface area contributed by atoms with Gasteiger partial charge in [-0.1, -0.05) is 13.8 Å². The normalized spacial score (nSPS) is 29.0. The first-order valence-corrected chi connectivity index (χ1v) is 7.17. The third-order valence-electron chi connectivity index (χ3n) is 3.95. The molecule has 94 valence electrons. The Morgan fingerprint density at radius 3 is 2.65 bits per heavy atom. The molecule has 0 spiro atoms. The summed E-state index contributed by atoms with van der Waals surface area (Å²) in [7, 11) is 0. The van der Waals surface area contributed by atoms with Crippen LogP contribution in [0.2, 0.25) is 0 Å². The van der Waals surface area contributed by atoms with E-state index in [1.807, 2.05) is 12.1 Å². The van der Waals surface area contributed by atoms with Gasteiger partial charge in [0.1, 0.15) is 0 Å². The summed E-state index contributed by atoms with van der Waals surface area (Å²) >= 11 is 3.56. The Bertz CT molecular complexity index is 392. The number of hydrogen-bond acceptors (Lipinski definition) is 2. The molecule has 0 saturated heterocycles. The Kier molecular flexibility index (Phi) is 3.97. The lowest BCUT2D eigenvalue weighted by Crippen LogP contribution is -2.30. The van der Waals surface area contributed by atoms with Gasteiger partial charge in [-0.3, -0.25) is 0 Å². The zero-order valence-electron chi connectivity index (χ0n) is 10.5. The van der Waals surface area contributed by atoms with Gasteiger partial charge in [-0.25, -0.2) is 0 Å². The maximum absolute atomic E-state index is 5.74. The average Bonchev–Trinajstić information content (AvgIpc) is 2.27. The first-order chi connectivity index (χ1) is 8.06. The number of nitrogen functional groups attached to an aromatic ring is 1. The van der Waals surface area contributed by atoms with Crippen molar-refractivity contribution in [3.8, 4) is 0 Å². The van der Waals surface area contributed by atoms with Gasteiger partial charge in [0.15, 0.2) is 0 Å². The Morgan fingerprint density at radius 2 is 2.00 bits per heavy atom. The molecule has 1 aromatic rings. The van der Waals surface area contributed by atoms with Crippen molar-refractivity contribution in [2.75, 3.05) is 11.1 Å². The number of hydrogen-bond donors (Lipinski definition) is 2. The van der Waals surface area contributed by atoms with E-state index in [4.69, 9.17) is 5.73 Å². The minimum absolute atomic E-state index is 0.598. The van der Waals surface area contributed by atoms with E-state index >= 15 is 0 Å². The summed E-state index contributed by atoms with van der Waals surface area (Å²) in [5.74, 6) is 1.68. The van der Waals surface area contributed by atoms with E-state index in [1.54, 1.807) is 0 Å². The molecule has 1 aliphatic carbocycles. The molecule has 3 unspecified atom stereocenters. The van der Waals surface area contributed by atoms with Crippen LogP contribution in [0.4, 0.5) is 11.4 Å². The Morgan fingerprint density at radius 1 is 1.24 bits per heavy atom. The molecule has 1 saturated carbocycles. The fourth-order valence-corrected chi connectivity index (χ4v) is 3.06. The second-order valence-electron chi connectivity index (χ2n) is 5.35. The van der Waals surface area contributed by atoms with Crippen molar-refractivity contribution in [2.45, 2.75) is 39.2 Å². The van der Waals surface area contributed by atoms with Crippen molar-refractivity contribution in [2.24, 2.45) is 11.8 Å². The molecule has 3 N–H and O–H groups in total. The standard InChI is InChI=1S/C14H21BrN2/c1-9-3-5-12(7-10(9)2)17-14-6-4-11(16)8-13(14)15/h4,6,8-10,12,17H,3,5,7,16H2,1-2H3. The van der Waals surface area contributed by atoms with Gasteiger partial charge in [0, 0.05) is 21.9 Å². The fraction of sp³-hybridized carbons (Fsp3) is 0.571. The molecule has 1 fully saturated rings. The molecule has 3 heteroatoms. The minimum Gasteiger partial charge on any atom is -0.399 e. The highest BCUT2D eigenvalue weighted by atomic mass is 79.9. The Hall–Kier alpha value is -0.700. The monoisotopic (exact) mass is 296 g/mol. The van der Waals surface area contributed by atoms with E-state index in [1.165, 1.54) is 19.3 Å². The molecule has 2 nitrogen and oxygen atoms in total. The van der Waals surface area contributed by atoms with Crippen molar-refractivity contribution < 1.29 is 0 Å². The number of benzene rings is 1. The maximum atomic E-state index is 5.74. The molecule has 1 aromatic carbocycles. The zero-order chi connectivity index (χ0) is 12.4. The predicted octanol–water partition coefficient (Wildman–Crippen LogP) is 4.27. The van der Waals surface area contributed by atoms with E-state index in [0.717, 1.165) is 27.7 Å². The van der Waals surface area contributed by atoms with Crippen LogP contribution in [0.3, 0.4) is 0 Å². The SMILES string of the molecule is CC1CCC(Nc2ccc(N)cc2Br)CC1C. The molecule has 0 radical (unpaired) electrons. The fourth-order valence-electron chi connectivity index (χ4n) is 2.55. The first-order valence-electron chi connectivity index (χ1n) is 6.38. The number of halogens is 1. The van der Waals surface area contributed by atoms with Gasteiger partial charge in [0.25, 0.3) is 0 Å². The summed E-state index contributed by atoms with van der Waals surface area (Å²) in [6, 6.07) is 6.56. The predicted molar refractivity (Wildman–Crippen MR) is 78.1 cm³/mol. The van der Waals surface area contributed by atoms with E-state index in [0.29, 0.717) is 6.04 Å². The van der Waals surface area contributed by atoms with Crippen LogP contribution >= 0.6 is 15.9 Å². The van der Waals surface area contributed by atoms with Crippen LogP contribution in [0.25, 0.3) is 0 Å². The third-order valence-corrected chi connectivity index (χ3v) is 4.61. The lowest BCUT2D eigenvalue weighted by molar-refractivity contribution is 0.261. The molecule has 17 heavy (non-hydrogen) atoms. The molecule has 0 amide bonds. The van der Waals surface area contributed by atoms with Crippen molar-refractivity contribution in [3.05, 3.63) is 22.7 Å². The highest BCUT2D eigenvalue weighted by Gasteiger charge is 2.24. The lowest BCUT2D eigenvalue weighted by atomic mass is 9.79. The van der Waals surface area contributed by atoms with Gasteiger partial charge in [0.2, 0.25) is 0 Å². The quantitative estimate of drug-likeness (QED) is 0.800. The lowest BCUT2D eigenvalue weighted by Gasteiger charge is -2.33. The van der Waals surface area contributed by atoms with E-state index in [9.17, 15) is 0 Å². The van der Waals surface area contributed by atoms with E-state index in [-0.39, 0.29) is 0 Å². The van der Waals surface area contributed by atoms with Crippen molar-refractivity contribution in [1.29, 1.82) is 0 Å². The summed E-state index contributed by atoms with van der Waals surface area (Å²) < 4.78 is 1.06. The highest BCUT2D eigenvalue weighted by Crippen LogP contribution is 2.33. The van der Waals surface area contributed by atoms with Crippen LogP contribution in [-0.4, -0.2) is 6.04 Å². The molecular weight excluding hydrogens is 276 g/mol. The summed E-state index contributed by atoms with van der Waals surface area (Å²) in [4.78, 5) is 0. The van der Waals surface area contributed by atoms with Crippen LogP contribution in [0.1, 0.15) is 33.1 Å². The molecular formula is C14H21BrN2. The second-order valence-corrected chi connectivity index (χ2v) is 6.20. The van der Waals surface area contributed by atoms with Gasteiger partial charge in [-0.15, -0.1) is 0 Å². The van der Waals surface area contributed by atoms with Crippen molar-refractivity contribution in [3.63, 3.8) is 0 Å². The van der Waals surface area contributed by atoms with Gasteiger partial charge < -0.3 is 11.1 Å². The van der Waals surface area contributed by atoms with Crippen LogP contribution < -0.4 is 11.1 Å². The first kappa shape index (κ1) is 12.7. The summed E-state index contributed by atoms with van der Waals surface area (Å²) in [6.07, 6.45) is 3.85. The van der Waals surface area contributed by atoms with Gasteiger partial charge in [-0.05, 0) is 65.2 Å². The van der Waals surface area contributed by atoms with E-state index < -0.39 is 0 Å². The van der Waals surface area contributed by atoms with Crippen LogP contribution in [0.5, 0.6) is 0 Å². The third kappa shape index (κ3) is 3.15. The molecule has 0 heterocycles. The Labute approximate surface area is 112 Å². The largest absolute Gasteiger partial charge is 0.399 e. The van der Waals surface area contributed by atoms with Gasteiger partial charge >= 0.3 is 0 Å². The van der Waals surface area contributed by atoms with Crippen molar-refractivity contribution in [1.82, 2.24) is 0 Å². The van der Waals surface area contributed by atoms with Crippen LogP contribution in [-0.2, 0) is 0 Å². The Balaban J connectivity index is 2.01. The summed E-state index contributed by atoms with van der Waals surface area (Å²) in [5, 5.41) is 3.62. The average molecular weight is 297 g/mol. The number of rotatable bonds is 2. The maximum Gasteiger partial charge on any atom is 0.0488 e. The molecule has 0 aliphatic heterocycles. The van der Waals surface area contributed by atoms with Crippen molar-refractivity contribution >= 4 is 27.3 Å². The number of nitrogens with one attached hydrogen (secondary N) is 1. The highest BCUT2D eigenvalue weighted by molar-refractivity contribution is 9.10. The van der Waals surface area contributed by atoms with Gasteiger partial charge in [0.05, 0.1) is 0 Å². The molecule has 0 bridgehead atoms.